The minimum absolute atomic E-state index is 0.702. The topological polar surface area (TPSA) is 15.3 Å². The maximum Gasteiger partial charge on any atom is 0.0602 e. The van der Waals surface area contributed by atoms with Gasteiger partial charge in [0.2, 0.25) is 0 Å². The number of hydrogen-bond donors (Lipinski definition) is 1. The van der Waals surface area contributed by atoms with Crippen LogP contribution in [0.15, 0.2) is 18.2 Å². The van der Waals surface area contributed by atoms with Gasteiger partial charge in [-0.05, 0) is 30.5 Å². The molecule has 0 fully saturated rings. The number of hydrogen-bond acceptors (Lipinski definition) is 2. The summed E-state index contributed by atoms with van der Waals surface area (Å²) in [6.45, 7) is 6.62. The minimum Gasteiger partial charge on any atom is -0.383 e. The summed E-state index contributed by atoms with van der Waals surface area (Å²) in [7, 11) is 2.17. The molecule has 0 aliphatic carbocycles. The van der Waals surface area contributed by atoms with E-state index in [4.69, 9.17) is 0 Å². The Morgan fingerprint density at radius 3 is 3.00 bits per heavy atom. The van der Waals surface area contributed by atoms with E-state index in [2.05, 4.69) is 49.3 Å². The molecule has 1 aliphatic heterocycles. The molecule has 2 nitrogen and oxygen atoms in total. The highest BCUT2D eigenvalue weighted by Gasteiger charge is 2.15. The van der Waals surface area contributed by atoms with Gasteiger partial charge in [0.1, 0.15) is 0 Å². The Balaban J connectivity index is 2.39. The molecule has 1 unspecified atom stereocenters. The highest BCUT2D eigenvalue weighted by atomic mass is 15.1. The van der Waals surface area contributed by atoms with E-state index < -0.39 is 0 Å². The zero-order valence-corrected chi connectivity index (χ0v) is 9.17. The van der Waals surface area contributed by atoms with Crippen molar-refractivity contribution in [3.63, 3.8) is 0 Å². The number of nitrogens with zero attached hydrogens (tertiary/aromatic N) is 1. The molecule has 1 atom stereocenters. The molecule has 1 aliphatic rings. The summed E-state index contributed by atoms with van der Waals surface area (Å²) in [5.41, 5.74) is 3.92. The standard InChI is InChI=1S/C12H18N2/c1-9-4-5-11-12(6-9)14(3)8-10(2)7-13-11/h4-6,10,13H,7-8H2,1-3H3. The molecular formula is C12H18N2. The van der Waals surface area contributed by atoms with Crippen LogP contribution < -0.4 is 10.2 Å². The van der Waals surface area contributed by atoms with Crippen molar-refractivity contribution in [3.05, 3.63) is 23.8 Å². The first-order valence-corrected chi connectivity index (χ1v) is 5.22. The SMILES string of the molecule is Cc1ccc2c(c1)N(C)CC(C)CN2. The zero-order valence-electron chi connectivity index (χ0n) is 9.17. The summed E-state index contributed by atoms with van der Waals surface area (Å²) in [5.74, 6) is 0.702. The predicted octanol–water partition coefficient (Wildman–Crippen LogP) is 2.49. The fraction of sp³-hybridized carbons (Fsp3) is 0.500. The summed E-state index contributed by atoms with van der Waals surface area (Å²) in [6, 6.07) is 6.59. The molecule has 0 saturated carbocycles. The molecule has 0 spiro atoms. The Morgan fingerprint density at radius 1 is 1.43 bits per heavy atom. The van der Waals surface area contributed by atoms with Gasteiger partial charge in [-0.15, -0.1) is 0 Å². The third-order valence-electron chi connectivity index (χ3n) is 2.79. The van der Waals surface area contributed by atoms with E-state index in [1.807, 2.05) is 0 Å². The second-order valence-electron chi connectivity index (χ2n) is 4.39. The lowest BCUT2D eigenvalue weighted by Crippen LogP contribution is -2.24. The molecule has 0 aromatic heterocycles. The average molecular weight is 190 g/mol. The van der Waals surface area contributed by atoms with Gasteiger partial charge in [0, 0.05) is 20.1 Å². The molecular weight excluding hydrogens is 172 g/mol. The summed E-state index contributed by atoms with van der Waals surface area (Å²) < 4.78 is 0. The smallest absolute Gasteiger partial charge is 0.0602 e. The Kier molecular flexibility index (Phi) is 2.36. The molecule has 1 aromatic carbocycles. The van der Waals surface area contributed by atoms with Gasteiger partial charge in [0.15, 0.2) is 0 Å². The van der Waals surface area contributed by atoms with Gasteiger partial charge >= 0.3 is 0 Å². The van der Waals surface area contributed by atoms with Gasteiger partial charge in [0.25, 0.3) is 0 Å². The van der Waals surface area contributed by atoms with Crippen LogP contribution in [-0.4, -0.2) is 20.1 Å². The van der Waals surface area contributed by atoms with Crippen LogP contribution in [0.3, 0.4) is 0 Å². The lowest BCUT2D eigenvalue weighted by molar-refractivity contribution is 0.618. The summed E-state index contributed by atoms with van der Waals surface area (Å²) in [4.78, 5) is 2.34. The van der Waals surface area contributed by atoms with E-state index in [1.165, 1.54) is 16.9 Å². The summed E-state index contributed by atoms with van der Waals surface area (Å²) in [6.07, 6.45) is 0. The van der Waals surface area contributed by atoms with Crippen LogP contribution in [0.5, 0.6) is 0 Å². The quantitative estimate of drug-likeness (QED) is 0.676. The van der Waals surface area contributed by atoms with E-state index in [0.29, 0.717) is 5.92 Å². The molecule has 1 N–H and O–H groups in total. The molecule has 1 aromatic rings. The second kappa shape index (κ2) is 3.52. The monoisotopic (exact) mass is 190 g/mol. The lowest BCUT2D eigenvalue weighted by atomic mass is 10.1. The average Bonchev–Trinajstić information content (AvgIpc) is 2.27. The predicted molar refractivity (Wildman–Crippen MR) is 62.1 cm³/mol. The Labute approximate surface area is 85.9 Å². The number of aryl methyl sites for hydroxylation is 1. The van der Waals surface area contributed by atoms with Gasteiger partial charge in [-0.1, -0.05) is 13.0 Å². The number of nitrogens with one attached hydrogen (secondary N) is 1. The molecule has 76 valence electrons. The number of anilines is 2. The fourth-order valence-electron chi connectivity index (χ4n) is 2.02. The Morgan fingerprint density at radius 2 is 2.21 bits per heavy atom. The minimum atomic E-state index is 0.702. The molecule has 0 amide bonds. The van der Waals surface area contributed by atoms with Crippen molar-refractivity contribution in [1.29, 1.82) is 0 Å². The fourth-order valence-corrected chi connectivity index (χ4v) is 2.02. The van der Waals surface area contributed by atoms with Crippen molar-refractivity contribution in [2.24, 2.45) is 5.92 Å². The van der Waals surface area contributed by atoms with E-state index in [0.717, 1.165) is 13.1 Å². The Hall–Kier alpha value is -1.18. The largest absolute Gasteiger partial charge is 0.383 e. The van der Waals surface area contributed by atoms with Crippen LogP contribution in [0.25, 0.3) is 0 Å². The van der Waals surface area contributed by atoms with Crippen LogP contribution in [0.1, 0.15) is 12.5 Å². The second-order valence-corrected chi connectivity index (χ2v) is 4.39. The van der Waals surface area contributed by atoms with Crippen LogP contribution >= 0.6 is 0 Å². The Bertz CT molecular complexity index is 333. The van der Waals surface area contributed by atoms with Crippen molar-refractivity contribution in [2.45, 2.75) is 13.8 Å². The summed E-state index contributed by atoms with van der Waals surface area (Å²) in [5, 5.41) is 3.49. The number of benzene rings is 1. The van der Waals surface area contributed by atoms with Gasteiger partial charge in [-0.2, -0.15) is 0 Å². The highest BCUT2D eigenvalue weighted by Crippen LogP contribution is 2.29. The third kappa shape index (κ3) is 1.69. The van der Waals surface area contributed by atoms with E-state index in [9.17, 15) is 0 Å². The van der Waals surface area contributed by atoms with Crippen molar-refractivity contribution < 1.29 is 0 Å². The molecule has 0 radical (unpaired) electrons. The zero-order chi connectivity index (χ0) is 10.1. The van der Waals surface area contributed by atoms with Gasteiger partial charge in [-0.3, -0.25) is 0 Å². The summed E-state index contributed by atoms with van der Waals surface area (Å²) >= 11 is 0. The first-order valence-electron chi connectivity index (χ1n) is 5.22. The van der Waals surface area contributed by atoms with Gasteiger partial charge in [-0.25, -0.2) is 0 Å². The molecule has 2 heteroatoms. The molecule has 14 heavy (non-hydrogen) atoms. The maximum atomic E-state index is 3.49. The molecule has 1 heterocycles. The van der Waals surface area contributed by atoms with Gasteiger partial charge < -0.3 is 10.2 Å². The molecule has 0 bridgehead atoms. The van der Waals surface area contributed by atoms with Gasteiger partial charge in [0.05, 0.1) is 11.4 Å². The van der Waals surface area contributed by atoms with Crippen molar-refractivity contribution >= 4 is 11.4 Å². The number of fused-ring (bicyclic) bond motifs is 1. The van der Waals surface area contributed by atoms with E-state index in [1.54, 1.807) is 0 Å². The first-order chi connectivity index (χ1) is 6.66. The molecule has 2 rings (SSSR count). The van der Waals surface area contributed by atoms with E-state index >= 15 is 0 Å². The highest BCUT2D eigenvalue weighted by molar-refractivity contribution is 5.71. The van der Waals surface area contributed by atoms with Crippen LogP contribution in [0.4, 0.5) is 11.4 Å². The third-order valence-corrected chi connectivity index (χ3v) is 2.79. The maximum absolute atomic E-state index is 3.49. The van der Waals surface area contributed by atoms with Crippen molar-refractivity contribution in [2.75, 3.05) is 30.4 Å². The van der Waals surface area contributed by atoms with Crippen LogP contribution in [0, 0.1) is 12.8 Å². The van der Waals surface area contributed by atoms with Crippen molar-refractivity contribution in [3.8, 4) is 0 Å². The normalized spacial score (nSPS) is 21.1. The van der Waals surface area contributed by atoms with Crippen LogP contribution in [0.2, 0.25) is 0 Å². The van der Waals surface area contributed by atoms with E-state index in [-0.39, 0.29) is 0 Å². The van der Waals surface area contributed by atoms with Crippen molar-refractivity contribution in [1.82, 2.24) is 0 Å². The molecule has 0 saturated heterocycles. The van der Waals surface area contributed by atoms with Crippen LogP contribution in [-0.2, 0) is 0 Å². The first kappa shape index (κ1) is 9.38. The lowest BCUT2D eigenvalue weighted by Gasteiger charge is -2.20. The number of rotatable bonds is 0.